The first-order valence-corrected chi connectivity index (χ1v) is 10.1. The van der Waals surface area contributed by atoms with Gasteiger partial charge in [-0.1, -0.05) is 13.8 Å². The van der Waals surface area contributed by atoms with Crippen LogP contribution in [-0.4, -0.2) is 24.6 Å². The second-order valence-electron chi connectivity index (χ2n) is 9.71. The van der Waals surface area contributed by atoms with E-state index in [1.54, 1.807) is 0 Å². The molecule has 4 aliphatic rings. The predicted molar refractivity (Wildman–Crippen MR) is 95.8 cm³/mol. The van der Waals surface area contributed by atoms with Gasteiger partial charge in [0.25, 0.3) is 0 Å². The van der Waals surface area contributed by atoms with Gasteiger partial charge in [-0.05, 0) is 82.0 Å². The van der Waals surface area contributed by atoms with E-state index in [0.29, 0.717) is 36.7 Å². The van der Waals surface area contributed by atoms with E-state index in [2.05, 4.69) is 6.92 Å². The third-order valence-electron chi connectivity index (χ3n) is 6.96. The zero-order valence-electron chi connectivity index (χ0n) is 16.3. The Balaban J connectivity index is 1.40. The van der Waals surface area contributed by atoms with Crippen molar-refractivity contribution < 1.29 is 19.1 Å². The molecule has 4 nitrogen and oxygen atoms in total. The van der Waals surface area contributed by atoms with Crippen LogP contribution >= 0.6 is 0 Å². The SMILES string of the molecule is CCC(C)(C)C(=O)OCCCC(=O)OC1C2CC3CC1CC(C)(C3)C2. The smallest absolute Gasteiger partial charge is 0.311 e. The molecule has 0 aromatic heterocycles. The number of hydrogen-bond acceptors (Lipinski definition) is 4. The Morgan fingerprint density at radius 1 is 1.12 bits per heavy atom. The van der Waals surface area contributed by atoms with Gasteiger partial charge in [0.1, 0.15) is 6.10 Å². The minimum Gasteiger partial charge on any atom is -0.465 e. The quantitative estimate of drug-likeness (QED) is 0.501. The van der Waals surface area contributed by atoms with Crippen molar-refractivity contribution in [3.8, 4) is 0 Å². The first-order valence-electron chi connectivity index (χ1n) is 10.1. The number of ether oxygens (including phenoxy) is 2. The molecule has 4 fully saturated rings. The van der Waals surface area contributed by atoms with Gasteiger partial charge >= 0.3 is 11.9 Å². The summed E-state index contributed by atoms with van der Waals surface area (Å²) in [5.41, 5.74) is 0.0523. The molecule has 25 heavy (non-hydrogen) atoms. The molecule has 0 heterocycles. The molecule has 2 unspecified atom stereocenters. The van der Waals surface area contributed by atoms with Crippen molar-refractivity contribution in [1.29, 1.82) is 0 Å². The molecule has 4 saturated carbocycles. The lowest BCUT2D eigenvalue weighted by Gasteiger charge is -2.58. The molecule has 0 aromatic rings. The second-order valence-corrected chi connectivity index (χ2v) is 9.71. The Morgan fingerprint density at radius 2 is 1.76 bits per heavy atom. The molecule has 142 valence electrons. The van der Waals surface area contributed by atoms with Crippen LogP contribution in [0, 0.1) is 28.6 Å². The lowest BCUT2D eigenvalue weighted by Crippen LogP contribution is -2.53. The van der Waals surface area contributed by atoms with Gasteiger partial charge in [-0.25, -0.2) is 0 Å². The fraction of sp³-hybridized carbons (Fsp3) is 0.905. The minimum atomic E-state index is -0.447. The summed E-state index contributed by atoms with van der Waals surface area (Å²) in [5, 5.41) is 0. The lowest BCUT2D eigenvalue weighted by molar-refractivity contribution is -0.180. The number of esters is 2. The van der Waals surface area contributed by atoms with Crippen molar-refractivity contribution >= 4 is 11.9 Å². The average molecular weight is 350 g/mol. The van der Waals surface area contributed by atoms with Gasteiger partial charge in [0.2, 0.25) is 0 Å². The zero-order valence-corrected chi connectivity index (χ0v) is 16.3. The zero-order chi connectivity index (χ0) is 18.2. The summed E-state index contributed by atoms with van der Waals surface area (Å²) >= 11 is 0. The maximum absolute atomic E-state index is 12.3. The molecule has 0 spiro atoms. The summed E-state index contributed by atoms with van der Waals surface area (Å²) in [6.07, 6.45) is 8.09. The highest BCUT2D eigenvalue weighted by atomic mass is 16.5. The summed E-state index contributed by atoms with van der Waals surface area (Å²) < 4.78 is 11.2. The maximum atomic E-state index is 12.3. The molecule has 0 radical (unpaired) electrons. The monoisotopic (exact) mass is 350 g/mol. The molecule has 4 aliphatic carbocycles. The van der Waals surface area contributed by atoms with E-state index in [4.69, 9.17) is 9.47 Å². The van der Waals surface area contributed by atoms with E-state index in [-0.39, 0.29) is 18.0 Å². The predicted octanol–water partition coefficient (Wildman–Crippen LogP) is 4.50. The number of carbonyl (C=O) groups is 2. The number of carbonyl (C=O) groups excluding carboxylic acids is 2. The first kappa shape index (κ1) is 18.7. The average Bonchev–Trinajstić information content (AvgIpc) is 2.53. The standard InChI is InChI=1S/C21H34O4/c1-5-20(2,3)19(23)24-8-6-7-17(22)25-18-15-9-14-10-16(18)13-21(4,11-14)12-15/h14-16,18H,5-13H2,1-4H3. The molecule has 4 bridgehead atoms. The summed E-state index contributed by atoms with van der Waals surface area (Å²) in [5.74, 6) is 1.71. The van der Waals surface area contributed by atoms with Crippen LogP contribution in [0.15, 0.2) is 0 Å². The van der Waals surface area contributed by atoms with Gasteiger partial charge in [0.05, 0.1) is 12.0 Å². The Hall–Kier alpha value is -1.06. The number of rotatable bonds is 7. The highest BCUT2D eigenvalue weighted by Crippen LogP contribution is 2.60. The second kappa shape index (κ2) is 6.92. The largest absolute Gasteiger partial charge is 0.465 e. The summed E-state index contributed by atoms with van der Waals surface area (Å²) in [4.78, 5) is 24.2. The van der Waals surface area contributed by atoms with Crippen LogP contribution in [0.2, 0.25) is 0 Å². The Kier molecular flexibility index (Phi) is 5.18. The molecule has 2 atom stereocenters. The topological polar surface area (TPSA) is 52.6 Å². The Bertz CT molecular complexity index is 508. The fourth-order valence-corrected chi connectivity index (χ4v) is 5.51. The molecule has 0 N–H and O–H groups in total. The van der Waals surface area contributed by atoms with Gasteiger partial charge in [0.15, 0.2) is 0 Å². The molecule has 0 aliphatic heterocycles. The van der Waals surface area contributed by atoms with Crippen LogP contribution in [0.4, 0.5) is 0 Å². The van der Waals surface area contributed by atoms with Crippen molar-refractivity contribution in [3.63, 3.8) is 0 Å². The molecular weight excluding hydrogens is 316 g/mol. The van der Waals surface area contributed by atoms with Crippen molar-refractivity contribution in [2.45, 2.75) is 85.2 Å². The molecule has 4 heteroatoms. The van der Waals surface area contributed by atoms with Gasteiger partial charge < -0.3 is 9.47 Å². The van der Waals surface area contributed by atoms with Crippen molar-refractivity contribution in [1.82, 2.24) is 0 Å². The van der Waals surface area contributed by atoms with Gasteiger partial charge in [-0.15, -0.1) is 0 Å². The van der Waals surface area contributed by atoms with E-state index in [9.17, 15) is 9.59 Å². The third kappa shape index (κ3) is 4.03. The summed E-state index contributed by atoms with van der Waals surface area (Å²) in [6, 6.07) is 0. The normalized spacial score (nSPS) is 36.3. The lowest BCUT2D eigenvalue weighted by atomic mass is 9.49. The Labute approximate surface area is 152 Å². The highest BCUT2D eigenvalue weighted by Gasteiger charge is 2.54. The van der Waals surface area contributed by atoms with Gasteiger partial charge in [-0.3, -0.25) is 9.59 Å². The van der Waals surface area contributed by atoms with Gasteiger partial charge in [0, 0.05) is 6.42 Å². The summed E-state index contributed by atoms with van der Waals surface area (Å²) in [7, 11) is 0. The molecule has 4 rings (SSSR count). The van der Waals surface area contributed by atoms with E-state index >= 15 is 0 Å². The first-order chi connectivity index (χ1) is 11.7. The van der Waals surface area contributed by atoms with Crippen LogP contribution in [0.1, 0.15) is 79.1 Å². The highest BCUT2D eigenvalue weighted by molar-refractivity contribution is 5.75. The van der Waals surface area contributed by atoms with Crippen LogP contribution < -0.4 is 0 Å². The maximum Gasteiger partial charge on any atom is 0.311 e. The number of hydrogen-bond donors (Lipinski definition) is 0. The van der Waals surface area contributed by atoms with E-state index < -0.39 is 5.41 Å². The van der Waals surface area contributed by atoms with Gasteiger partial charge in [-0.2, -0.15) is 0 Å². The molecule has 0 saturated heterocycles. The van der Waals surface area contributed by atoms with E-state index in [1.807, 2.05) is 20.8 Å². The summed E-state index contributed by atoms with van der Waals surface area (Å²) in [6.45, 7) is 8.47. The molecular formula is C21H34O4. The van der Waals surface area contributed by atoms with Crippen molar-refractivity contribution in [3.05, 3.63) is 0 Å². The van der Waals surface area contributed by atoms with E-state index in [0.717, 1.165) is 12.3 Å². The van der Waals surface area contributed by atoms with Crippen LogP contribution in [0.3, 0.4) is 0 Å². The molecule has 0 amide bonds. The minimum absolute atomic E-state index is 0.117. The third-order valence-corrected chi connectivity index (χ3v) is 6.96. The Morgan fingerprint density at radius 3 is 2.32 bits per heavy atom. The molecule has 0 aromatic carbocycles. The van der Waals surface area contributed by atoms with E-state index in [1.165, 1.54) is 32.1 Å². The van der Waals surface area contributed by atoms with Crippen LogP contribution in [0.5, 0.6) is 0 Å². The van der Waals surface area contributed by atoms with Crippen LogP contribution in [0.25, 0.3) is 0 Å². The van der Waals surface area contributed by atoms with Crippen LogP contribution in [-0.2, 0) is 19.1 Å². The van der Waals surface area contributed by atoms with Crippen molar-refractivity contribution in [2.24, 2.45) is 28.6 Å². The van der Waals surface area contributed by atoms with Crippen molar-refractivity contribution in [2.75, 3.05) is 6.61 Å². The fourth-order valence-electron chi connectivity index (χ4n) is 5.51.